The summed E-state index contributed by atoms with van der Waals surface area (Å²) in [7, 11) is -0.537. The highest BCUT2D eigenvalue weighted by Gasteiger charge is 2.38. The summed E-state index contributed by atoms with van der Waals surface area (Å²) in [4.78, 5) is 4.87. The Labute approximate surface area is 273 Å². The molecule has 0 fully saturated rings. The third-order valence-corrected chi connectivity index (χ3v) is 8.34. The molecule has 14 heteroatoms. The highest BCUT2D eigenvalue weighted by Crippen LogP contribution is 2.40. The van der Waals surface area contributed by atoms with E-state index >= 15 is 0 Å². The van der Waals surface area contributed by atoms with Crippen molar-refractivity contribution in [3.63, 3.8) is 0 Å². The van der Waals surface area contributed by atoms with Crippen LogP contribution in [-0.2, 0) is 16.2 Å². The van der Waals surface area contributed by atoms with Crippen LogP contribution in [0.5, 0.6) is 11.6 Å². The summed E-state index contributed by atoms with van der Waals surface area (Å²) < 4.78 is 93.6. The number of allylic oxidation sites excluding steroid dienone is 1. The predicted octanol–water partition coefficient (Wildman–Crippen LogP) is 7.40. The van der Waals surface area contributed by atoms with E-state index in [1.807, 2.05) is 0 Å². The maximum Gasteiger partial charge on any atom is 0.417 e. The topological polar surface area (TPSA) is 92.2 Å². The molecule has 0 amide bonds. The molecule has 3 aromatic rings. The van der Waals surface area contributed by atoms with Crippen LogP contribution in [-0.4, -0.2) is 70.4 Å². The van der Waals surface area contributed by atoms with E-state index in [9.17, 15) is 26.0 Å². The largest absolute Gasteiger partial charge is 0.489 e. The number of fused-ring (bicyclic) bond motifs is 1. The quantitative estimate of drug-likeness (QED) is 0.195. The van der Waals surface area contributed by atoms with E-state index in [1.165, 1.54) is 36.8 Å². The van der Waals surface area contributed by atoms with Crippen LogP contribution in [0.25, 0.3) is 11.6 Å². The van der Waals surface area contributed by atoms with Crippen LogP contribution < -0.4 is 13.8 Å². The molecular formula is C32H40ClF4N3O5S. The fraction of sp³-hybridized carbons (Fsp3) is 0.406. The van der Waals surface area contributed by atoms with Crippen LogP contribution in [0.1, 0.15) is 50.8 Å². The third-order valence-electron chi connectivity index (χ3n) is 6.22. The van der Waals surface area contributed by atoms with E-state index < -0.39 is 45.0 Å². The molecule has 2 aromatic carbocycles. The number of aliphatic hydroxyl groups excluding tert-OH is 1. The Kier molecular flexibility index (Phi) is 14.8. The second-order valence-electron chi connectivity index (χ2n) is 10.3. The normalized spacial score (nSPS) is 13.2. The number of benzene rings is 2. The van der Waals surface area contributed by atoms with Crippen molar-refractivity contribution in [2.45, 2.75) is 45.2 Å². The van der Waals surface area contributed by atoms with Gasteiger partial charge in [-0.25, -0.2) is 17.8 Å². The Morgan fingerprint density at radius 3 is 2.39 bits per heavy atom. The lowest BCUT2D eigenvalue weighted by molar-refractivity contribution is -0.138. The number of pyridine rings is 1. The van der Waals surface area contributed by atoms with Crippen LogP contribution in [0.2, 0.25) is 5.02 Å². The van der Waals surface area contributed by atoms with E-state index in [4.69, 9.17) is 26.2 Å². The summed E-state index contributed by atoms with van der Waals surface area (Å²) in [6, 6.07) is 9.28. The summed E-state index contributed by atoms with van der Waals surface area (Å²) in [5.74, 6) is -0.943. The summed E-state index contributed by atoms with van der Waals surface area (Å²) in [6.07, 6.45) is -1.57. The lowest BCUT2D eigenvalue weighted by Gasteiger charge is -2.31. The van der Waals surface area contributed by atoms with Gasteiger partial charge in [0.25, 0.3) is 10.0 Å². The summed E-state index contributed by atoms with van der Waals surface area (Å²) in [5.41, 5.74) is -0.127. The summed E-state index contributed by atoms with van der Waals surface area (Å²) >= 11 is 6.15. The first-order valence-corrected chi connectivity index (χ1v) is 16.3. The van der Waals surface area contributed by atoms with Crippen molar-refractivity contribution >= 4 is 39.0 Å². The van der Waals surface area contributed by atoms with Gasteiger partial charge in [0, 0.05) is 11.8 Å². The minimum atomic E-state index is -4.86. The number of halogens is 5. The van der Waals surface area contributed by atoms with Crippen molar-refractivity contribution in [1.29, 1.82) is 0 Å². The predicted molar refractivity (Wildman–Crippen MR) is 173 cm³/mol. The zero-order valence-electron chi connectivity index (χ0n) is 26.7. The molecule has 8 nitrogen and oxygen atoms in total. The molecule has 1 aliphatic heterocycles. The maximum atomic E-state index is 14.4. The SMILES string of the molecule is C/C(=C\c1ccc2c(c1)N(S(=O)(=O)c1cc(C(F)(F)F)cnc1OCCO)CCO2)c1c(F)cccc1Cl.CCC.CCN(C)C. The second kappa shape index (κ2) is 17.5. The van der Waals surface area contributed by atoms with Crippen molar-refractivity contribution in [1.82, 2.24) is 9.88 Å². The van der Waals surface area contributed by atoms with Crippen molar-refractivity contribution in [2.75, 3.05) is 51.3 Å². The molecule has 1 aliphatic rings. The number of alkyl halides is 3. The van der Waals surface area contributed by atoms with E-state index in [-0.39, 0.29) is 41.8 Å². The molecule has 0 saturated carbocycles. The van der Waals surface area contributed by atoms with Gasteiger partial charge in [0.1, 0.15) is 24.8 Å². The Balaban J connectivity index is 0.000000825. The van der Waals surface area contributed by atoms with Crippen LogP contribution in [0.15, 0.2) is 53.6 Å². The minimum Gasteiger partial charge on any atom is -0.489 e. The fourth-order valence-corrected chi connectivity index (χ4v) is 5.76. The van der Waals surface area contributed by atoms with Gasteiger partial charge in [-0.1, -0.05) is 57.0 Å². The van der Waals surface area contributed by atoms with Crippen LogP contribution in [0.4, 0.5) is 23.2 Å². The molecule has 254 valence electrons. The van der Waals surface area contributed by atoms with Gasteiger partial charge in [-0.3, -0.25) is 4.31 Å². The molecule has 46 heavy (non-hydrogen) atoms. The molecule has 0 radical (unpaired) electrons. The second-order valence-corrected chi connectivity index (χ2v) is 12.5. The van der Waals surface area contributed by atoms with Crippen LogP contribution >= 0.6 is 11.6 Å². The third kappa shape index (κ3) is 10.3. The molecule has 1 N–H and O–H groups in total. The molecule has 0 bridgehead atoms. The number of ether oxygens (including phenoxy) is 2. The standard InChI is InChI=1S/C25H21ClF4N2O5S.C4H11N.C3H8/c1-15(23-18(26)3-2-4-19(23)27)11-16-5-6-21-20(12-16)32(7-9-36-21)38(34,35)22-13-17(25(28,29)30)14-31-24(22)37-10-8-33;1-4-5(2)3;1-3-2/h2-6,11-14,33H,7-10H2,1H3;4H2,1-3H3;3H2,1-2H3/b15-11+;;. The van der Waals surface area contributed by atoms with Gasteiger partial charge in [-0.15, -0.1) is 0 Å². The van der Waals surface area contributed by atoms with E-state index in [0.717, 1.165) is 10.8 Å². The molecule has 0 atom stereocenters. The summed E-state index contributed by atoms with van der Waals surface area (Å²) in [6.45, 7) is 7.98. The van der Waals surface area contributed by atoms with Crippen molar-refractivity contribution < 1.29 is 40.6 Å². The van der Waals surface area contributed by atoms with Crippen molar-refractivity contribution in [3.8, 4) is 11.6 Å². The van der Waals surface area contributed by atoms with E-state index in [2.05, 4.69) is 44.8 Å². The zero-order chi connectivity index (χ0) is 34.7. The monoisotopic (exact) mass is 689 g/mol. The Hall–Kier alpha value is -3.39. The van der Waals surface area contributed by atoms with Gasteiger partial charge >= 0.3 is 6.18 Å². The zero-order valence-corrected chi connectivity index (χ0v) is 28.2. The lowest BCUT2D eigenvalue weighted by atomic mass is 10.0. The Morgan fingerprint density at radius 1 is 1.17 bits per heavy atom. The number of aromatic nitrogens is 1. The number of hydrogen-bond donors (Lipinski definition) is 1. The molecule has 0 spiro atoms. The van der Waals surface area contributed by atoms with Gasteiger partial charge in [0.15, 0.2) is 4.90 Å². The first-order valence-electron chi connectivity index (χ1n) is 14.5. The van der Waals surface area contributed by atoms with Gasteiger partial charge < -0.3 is 19.5 Å². The smallest absolute Gasteiger partial charge is 0.417 e. The molecule has 2 heterocycles. The molecular weight excluding hydrogens is 650 g/mol. The van der Waals surface area contributed by atoms with Crippen LogP contribution in [0.3, 0.4) is 0 Å². The molecule has 0 unspecified atom stereocenters. The first kappa shape index (κ1) is 38.8. The Morgan fingerprint density at radius 2 is 1.83 bits per heavy atom. The number of nitrogens with zero attached hydrogens (tertiary/aromatic N) is 3. The van der Waals surface area contributed by atoms with Crippen LogP contribution in [0, 0.1) is 5.82 Å². The average Bonchev–Trinajstić information content (AvgIpc) is 2.99. The van der Waals surface area contributed by atoms with Gasteiger partial charge in [0.2, 0.25) is 5.88 Å². The Bertz CT molecular complexity index is 1560. The molecule has 4 rings (SSSR count). The minimum absolute atomic E-state index is 0.0583. The average molecular weight is 690 g/mol. The summed E-state index contributed by atoms with van der Waals surface area (Å²) in [5, 5.41) is 9.25. The van der Waals surface area contributed by atoms with E-state index in [0.29, 0.717) is 23.4 Å². The van der Waals surface area contributed by atoms with Gasteiger partial charge in [-0.05, 0) is 69.0 Å². The number of anilines is 1. The fourth-order valence-electron chi connectivity index (χ4n) is 3.89. The first-order chi connectivity index (χ1) is 21.6. The number of hydrogen-bond acceptors (Lipinski definition) is 7. The lowest BCUT2D eigenvalue weighted by Crippen LogP contribution is -2.38. The highest BCUT2D eigenvalue weighted by molar-refractivity contribution is 7.93. The molecule has 1 aromatic heterocycles. The number of rotatable bonds is 8. The van der Waals surface area contributed by atoms with E-state index in [1.54, 1.807) is 19.1 Å². The van der Waals surface area contributed by atoms with Crippen molar-refractivity contribution in [2.24, 2.45) is 0 Å². The van der Waals surface area contributed by atoms with Gasteiger partial charge in [-0.2, -0.15) is 13.2 Å². The molecule has 0 saturated heterocycles. The maximum absolute atomic E-state index is 14.4. The van der Waals surface area contributed by atoms with Gasteiger partial charge in [0.05, 0.1) is 29.4 Å². The molecule has 0 aliphatic carbocycles. The highest BCUT2D eigenvalue weighted by atomic mass is 35.5. The number of sulfonamides is 1. The van der Waals surface area contributed by atoms with Crippen molar-refractivity contribution in [3.05, 3.63) is 76.2 Å². The number of aliphatic hydroxyl groups is 1.